The first-order chi connectivity index (χ1) is 12.9. The molecule has 3 aromatic heterocycles. The number of nitrogens with zero attached hydrogens (tertiary/aromatic N) is 2. The van der Waals surface area contributed by atoms with Crippen LogP contribution in [0.1, 0.15) is 26.6 Å². The van der Waals surface area contributed by atoms with Crippen molar-refractivity contribution >= 4 is 39.8 Å². The van der Waals surface area contributed by atoms with Crippen molar-refractivity contribution in [1.82, 2.24) is 9.13 Å². The second-order valence-electron chi connectivity index (χ2n) is 6.44. The first-order valence-electron chi connectivity index (χ1n) is 8.45. The molecule has 7 heteroatoms. The quantitative estimate of drug-likeness (QED) is 0.458. The summed E-state index contributed by atoms with van der Waals surface area (Å²) < 4.78 is 8.68. The number of aryl methyl sites for hydroxylation is 1. The average molecular weight is 401 g/mol. The van der Waals surface area contributed by atoms with Gasteiger partial charge < -0.3 is 8.98 Å². The standard InChI is InChI=1S/C20H17ClN2O3S/c1-12-8-16(13(2)22(12)10-15-4-3-7-27-15)18(24)11-23-17-6-5-14(21)9-19(17)26-20(23)25/h3-9H,10-11H2,1-2H3. The maximum atomic E-state index is 12.9. The monoisotopic (exact) mass is 400 g/mol. The Balaban J connectivity index is 1.66. The van der Waals surface area contributed by atoms with Crippen LogP contribution in [-0.2, 0) is 13.1 Å². The van der Waals surface area contributed by atoms with Gasteiger partial charge in [0.15, 0.2) is 11.4 Å². The van der Waals surface area contributed by atoms with E-state index in [2.05, 4.69) is 10.6 Å². The van der Waals surface area contributed by atoms with E-state index >= 15 is 0 Å². The van der Waals surface area contributed by atoms with Crippen LogP contribution < -0.4 is 5.76 Å². The zero-order valence-electron chi connectivity index (χ0n) is 14.9. The second-order valence-corrected chi connectivity index (χ2v) is 7.91. The number of oxazole rings is 1. The fourth-order valence-corrected chi connectivity index (χ4v) is 4.16. The summed E-state index contributed by atoms with van der Waals surface area (Å²) in [5.74, 6) is -0.687. The summed E-state index contributed by atoms with van der Waals surface area (Å²) >= 11 is 7.63. The summed E-state index contributed by atoms with van der Waals surface area (Å²) in [6.07, 6.45) is 0. The zero-order valence-corrected chi connectivity index (χ0v) is 16.4. The number of carbonyl (C=O) groups is 1. The Labute approximate surface area is 164 Å². The molecule has 0 saturated carbocycles. The molecule has 0 amide bonds. The smallest absolute Gasteiger partial charge is 0.408 e. The Morgan fingerprint density at radius 2 is 2.00 bits per heavy atom. The highest BCUT2D eigenvalue weighted by atomic mass is 35.5. The van der Waals surface area contributed by atoms with E-state index in [1.54, 1.807) is 29.5 Å². The summed E-state index contributed by atoms with van der Waals surface area (Å²) in [6.45, 7) is 4.58. The first kappa shape index (κ1) is 17.8. The summed E-state index contributed by atoms with van der Waals surface area (Å²) in [5, 5.41) is 2.52. The van der Waals surface area contributed by atoms with Gasteiger partial charge >= 0.3 is 5.76 Å². The Morgan fingerprint density at radius 1 is 1.19 bits per heavy atom. The van der Waals surface area contributed by atoms with E-state index in [9.17, 15) is 9.59 Å². The zero-order chi connectivity index (χ0) is 19.1. The van der Waals surface area contributed by atoms with Crippen molar-refractivity contribution < 1.29 is 9.21 Å². The van der Waals surface area contributed by atoms with Gasteiger partial charge in [0.05, 0.1) is 18.6 Å². The van der Waals surface area contributed by atoms with E-state index in [4.69, 9.17) is 16.0 Å². The second kappa shape index (κ2) is 6.87. The van der Waals surface area contributed by atoms with Gasteiger partial charge in [0.1, 0.15) is 0 Å². The number of halogens is 1. The van der Waals surface area contributed by atoms with E-state index in [0.717, 1.165) is 17.9 Å². The fraction of sp³-hybridized carbons (Fsp3) is 0.200. The number of ketones is 1. The average Bonchev–Trinajstić information content (AvgIpc) is 3.31. The van der Waals surface area contributed by atoms with Crippen LogP contribution in [-0.4, -0.2) is 14.9 Å². The number of hydrogen-bond acceptors (Lipinski definition) is 4. The number of carbonyl (C=O) groups excluding carboxylic acids is 1. The number of Topliss-reactive ketones (excluding diaryl/α,β-unsaturated/α-hetero) is 1. The molecule has 3 heterocycles. The lowest BCUT2D eigenvalue weighted by Gasteiger charge is -2.08. The maximum Gasteiger partial charge on any atom is 0.420 e. The highest BCUT2D eigenvalue weighted by Gasteiger charge is 2.19. The van der Waals surface area contributed by atoms with Gasteiger partial charge in [-0.1, -0.05) is 17.7 Å². The number of aromatic nitrogens is 2. The third kappa shape index (κ3) is 3.26. The normalized spacial score (nSPS) is 11.4. The van der Waals surface area contributed by atoms with Crippen molar-refractivity contribution in [3.05, 3.63) is 79.2 Å². The van der Waals surface area contributed by atoms with Crippen molar-refractivity contribution in [2.75, 3.05) is 0 Å². The largest absolute Gasteiger partial charge is 0.420 e. The molecule has 0 saturated heterocycles. The summed E-state index contributed by atoms with van der Waals surface area (Å²) in [4.78, 5) is 26.3. The van der Waals surface area contributed by atoms with Gasteiger partial charge in [-0.3, -0.25) is 9.36 Å². The first-order valence-corrected chi connectivity index (χ1v) is 9.71. The molecule has 138 valence electrons. The third-order valence-electron chi connectivity index (χ3n) is 4.70. The number of fused-ring (bicyclic) bond motifs is 1. The van der Waals surface area contributed by atoms with Gasteiger partial charge in [0, 0.05) is 32.9 Å². The predicted octanol–water partition coefficient (Wildman–Crippen LogP) is 4.66. The van der Waals surface area contributed by atoms with E-state index in [0.29, 0.717) is 21.7 Å². The van der Waals surface area contributed by atoms with E-state index in [-0.39, 0.29) is 12.3 Å². The lowest BCUT2D eigenvalue weighted by Crippen LogP contribution is -2.20. The highest BCUT2D eigenvalue weighted by molar-refractivity contribution is 7.09. The molecular formula is C20H17ClN2O3S. The number of benzene rings is 1. The van der Waals surface area contributed by atoms with E-state index in [1.807, 2.05) is 31.4 Å². The lowest BCUT2D eigenvalue weighted by molar-refractivity contribution is 0.0970. The topological polar surface area (TPSA) is 57.1 Å². The van der Waals surface area contributed by atoms with Crippen LogP contribution >= 0.6 is 22.9 Å². The fourth-order valence-electron chi connectivity index (χ4n) is 3.30. The van der Waals surface area contributed by atoms with Crippen LogP contribution in [0.15, 0.2) is 51.0 Å². The molecule has 0 atom stereocenters. The van der Waals surface area contributed by atoms with Crippen LogP contribution in [0.5, 0.6) is 0 Å². The van der Waals surface area contributed by atoms with Crippen molar-refractivity contribution in [2.45, 2.75) is 26.9 Å². The molecular weight excluding hydrogens is 384 g/mol. The van der Waals surface area contributed by atoms with Crippen molar-refractivity contribution in [3.63, 3.8) is 0 Å². The minimum absolute atomic E-state index is 0.0727. The molecule has 4 aromatic rings. The summed E-state index contributed by atoms with van der Waals surface area (Å²) in [6, 6.07) is 10.9. The molecule has 0 unspecified atom stereocenters. The van der Waals surface area contributed by atoms with Crippen LogP contribution in [0.3, 0.4) is 0 Å². The minimum Gasteiger partial charge on any atom is -0.408 e. The highest BCUT2D eigenvalue weighted by Crippen LogP contribution is 2.22. The minimum atomic E-state index is -0.562. The molecule has 5 nitrogen and oxygen atoms in total. The molecule has 1 aromatic carbocycles. The Morgan fingerprint density at radius 3 is 2.74 bits per heavy atom. The predicted molar refractivity (Wildman–Crippen MR) is 107 cm³/mol. The third-order valence-corrected chi connectivity index (χ3v) is 5.80. The Bertz CT molecular complexity index is 1200. The van der Waals surface area contributed by atoms with Gasteiger partial charge in [-0.15, -0.1) is 11.3 Å². The number of hydrogen-bond donors (Lipinski definition) is 0. The molecule has 27 heavy (non-hydrogen) atoms. The van der Waals surface area contributed by atoms with Gasteiger partial charge in [0.2, 0.25) is 0 Å². The molecule has 0 fully saturated rings. The van der Waals surface area contributed by atoms with Crippen molar-refractivity contribution in [1.29, 1.82) is 0 Å². The molecule has 0 bridgehead atoms. The van der Waals surface area contributed by atoms with E-state index in [1.165, 1.54) is 9.44 Å². The summed E-state index contributed by atoms with van der Waals surface area (Å²) in [5.41, 5.74) is 3.48. The molecule has 0 aliphatic heterocycles. The Kier molecular flexibility index (Phi) is 4.53. The number of rotatable bonds is 5. The molecule has 0 radical (unpaired) electrons. The molecule has 0 spiro atoms. The molecule has 0 aliphatic carbocycles. The number of thiophene rings is 1. The van der Waals surface area contributed by atoms with Gasteiger partial charge in [-0.05, 0) is 43.5 Å². The van der Waals surface area contributed by atoms with Gasteiger partial charge in [-0.25, -0.2) is 4.79 Å². The summed E-state index contributed by atoms with van der Waals surface area (Å²) in [7, 11) is 0. The van der Waals surface area contributed by atoms with Gasteiger partial charge in [-0.2, -0.15) is 0 Å². The van der Waals surface area contributed by atoms with Crippen LogP contribution in [0.25, 0.3) is 11.1 Å². The van der Waals surface area contributed by atoms with Crippen LogP contribution in [0.4, 0.5) is 0 Å². The molecule has 4 rings (SSSR count). The van der Waals surface area contributed by atoms with Crippen LogP contribution in [0.2, 0.25) is 5.02 Å². The Hall–Kier alpha value is -2.57. The van der Waals surface area contributed by atoms with Gasteiger partial charge in [0.25, 0.3) is 0 Å². The molecule has 0 N–H and O–H groups in total. The maximum absolute atomic E-state index is 12.9. The SMILES string of the molecule is Cc1cc(C(=O)Cn2c(=O)oc3cc(Cl)ccc32)c(C)n1Cc1cccs1. The van der Waals surface area contributed by atoms with Crippen molar-refractivity contribution in [2.24, 2.45) is 0 Å². The van der Waals surface area contributed by atoms with Crippen molar-refractivity contribution in [3.8, 4) is 0 Å². The van der Waals surface area contributed by atoms with E-state index < -0.39 is 5.76 Å². The van der Waals surface area contributed by atoms with Crippen LogP contribution in [0, 0.1) is 13.8 Å². The lowest BCUT2D eigenvalue weighted by atomic mass is 10.1. The molecule has 0 aliphatic rings.